The van der Waals surface area contributed by atoms with E-state index in [2.05, 4.69) is 22.5 Å². The summed E-state index contributed by atoms with van der Waals surface area (Å²) in [5, 5.41) is 2.67. The van der Waals surface area contributed by atoms with Gasteiger partial charge in [0.05, 0.1) is 12.2 Å². The fourth-order valence-electron chi connectivity index (χ4n) is 1.57. The molecule has 0 atom stereocenters. The van der Waals surface area contributed by atoms with E-state index in [4.69, 9.17) is 5.73 Å². The average molecular weight is 279 g/mol. The van der Waals surface area contributed by atoms with E-state index in [0.717, 1.165) is 12.1 Å². The van der Waals surface area contributed by atoms with E-state index in [0.29, 0.717) is 5.69 Å². The van der Waals surface area contributed by atoms with Crippen molar-refractivity contribution in [3.05, 3.63) is 59.4 Å². The highest BCUT2D eigenvalue weighted by Crippen LogP contribution is 2.21. The van der Waals surface area contributed by atoms with Gasteiger partial charge in [0.25, 0.3) is 0 Å². The van der Waals surface area contributed by atoms with Crippen molar-refractivity contribution in [3.8, 4) is 0 Å². The lowest BCUT2D eigenvalue weighted by atomic mass is 10.2. The highest BCUT2D eigenvalue weighted by Gasteiger charge is 2.12. The molecule has 0 amide bonds. The van der Waals surface area contributed by atoms with Crippen molar-refractivity contribution in [1.82, 2.24) is 4.98 Å². The SMILES string of the molecule is NC(=S)c1cc(F)c(NCc2ccccn2)c(F)c1. The molecule has 1 heterocycles. The number of hydrogen-bond donors (Lipinski definition) is 2. The molecule has 0 saturated carbocycles. The van der Waals surface area contributed by atoms with Crippen LogP contribution in [0.5, 0.6) is 0 Å². The number of anilines is 1. The molecule has 19 heavy (non-hydrogen) atoms. The van der Waals surface area contributed by atoms with Crippen molar-refractivity contribution < 1.29 is 8.78 Å². The van der Waals surface area contributed by atoms with E-state index >= 15 is 0 Å². The highest BCUT2D eigenvalue weighted by molar-refractivity contribution is 7.80. The van der Waals surface area contributed by atoms with E-state index in [-0.39, 0.29) is 22.8 Å². The highest BCUT2D eigenvalue weighted by atomic mass is 32.1. The molecule has 0 fully saturated rings. The second kappa shape index (κ2) is 5.71. The molecule has 6 heteroatoms. The Morgan fingerprint density at radius 3 is 2.47 bits per heavy atom. The van der Waals surface area contributed by atoms with E-state index in [1.54, 1.807) is 24.4 Å². The number of hydrogen-bond acceptors (Lipinski definition) is 3. The summed E-state index contributed by atoms with van der Waals surface area (Å²) in [5.74, 6) is -1.47. The van der Waals surface area contributed by atoms with Gasteiger partial charge in [-0.25, -0.2) is 8.78 Å². The largest absolute Gasteiger partial charge is 0.389 e. The topological polar surface area (TPSA) is 50.9 Å². The van der Waals surface area contributed by atoms with Crippen LogP contribution in [0.3, 0.4) is 0 Å². The van der Waals surface area contributed by atoms with Crippen LogP contribution >= 0.6 is 12.2 Å². The van der Waals surface area contributed by atoms with Crippen LogP contribution in [0.15, 0.2) is 36.5 Å². The lowest BCUT2D eigenvalue weighted by Gasteiger charge is -2.10. The number of aromatic nitrogens is 1. The van der Waals surface area contributed by atoms with Crippen molar-refractivity contribution in [1.29, 1.82) is 0 Å². The number of nitrogens with zero attached hydrogens (tertiary/aromatic N) is 1. The predicted molar refractivity (Wildman–Crippen MR) is 73.8 cm³/mol. The summed E-state index contributed by atoms with van der Waals surface area (Å²) in [7, 11) is 0. The van der Waals surface area contributed by atoms with Gasteiger partial charge in [-0.1, -0.05) is 18.3 Å². The normalized spacial score (nSPS) is 10.2. The molecular weight excluding hydrogens is 268 g/mol. The maximum atomic E-state index is 13.7. The minimum Gasteiger partial charge on any atom is -0.389 e. The smallest absolute Gasteiger partial charge is 0.150 e. The molecule has 0 aliphatic rings. The third kappa shape index (κ3) is 3.23. The van der Waals surface area contributed by atoms with Crippen molar-refractivity contribution in [2.45, 2.75) is 6.54 Å². The molecule has 0 aliphatic heterocycles. The second-order valence-corrected chi connectivity index (χ2v) is 4.29. The Kier molecular flexibility index (Phi) is 4.01. The van der Waals surface area contributed by atoms with Crippen molar-refractivity contribution >= 4 is 22.9 Å². The van der Waals surface area contributed by atoms with E-state index in [1.165, 1.54) is 0 Å². The van der Waals surface area contributed by atoms with Gasteiger partial charge in [0, 0.05) is 11.8 Å². The zero-order valence-electron chi connectivity index (χ0n) is 9.86. The second-order valence-electron chi connectivity index (χ2n) is 3.85. The first kappa shape index (κ1) is 13.4. The lowest BCUT2D eigenvalue weighted by Crippen LogP contribution is -2.12. The predicted octanol–water partition coefficient (Wildman–Crippen LogP) is 2.61. The zero-order chi connectivity index (χ0) is 13.8. The summed E-state index contributed by atoms with van der Waals surface area (Å²) in [6.07, 6.45) is 1.61. The first-order chi connectivity index (χ1) is 9.08. The first-order valence-corrected chi connectivity index (χ1v) is 5.91. The van der Waals surface area contributed by atoms with Crippen molar-refractivity contribution in [2.75, 3.05) is 5.32 Å². The van der Waals surface area contributed by atoms with Gasteiger partial charge in [-0.15, -0.1) is 0 Å². The number of nitrogens with two attached hydrogens (primary N) is 1. The molecule has 3 N–H and O–H groups in total. The van der Waals surface area contributed by atoms with Crippen LogP contribution in [0.1, 0.15) is 11.3 Å². The molecule has 2 rings (SSSR count). The van der Waals surface area contributed by atoms with E-state index in [9.17, 15) is 8.78 Å². The molecule has 0 radical (unpaired) electrons. The van der Waals surface area contributed by atoms with Gasteiger partial charge in [-0.3, -0.25) is 4.98 Å². The molecule has 3 nitrogen and oxygen atoms in total. The number of benzene rings is 1. The molecule has 1 aromatic carbocycles. The van der Waals surface area contributed by atoms with Crippen LogP contribution in [0, 0.1) is 11.6 Å². The number of rotatable bonds is 4. The molecule has 98 valence electrons. The van der Waals surface area contributed by atoms with Gasteiger partial charge in [-0.2, -0.15) is 0 Å². The number of pyridine rings is 1. The Morgan fingerprint density at radius 1 is 1.26 bits per heavy atom. The maximum absolute atomic E-state index is 13.7. The summed E-state index contributed by atoms with van der Waals surface area (Å²) < 4.78 is 27.5. The quantitative estimate of drug-likeness (QED) is 0.845. The Balaban J connectivity index is 2.19. The first-order valence-electron chi connectivity index (χ1n) is 5.50. The molecular formula is C13H11F2N3S. The van der Waals surface area contributed by atoms with Crippen LogP contribution in [0.4, 0.5) is 14.5 Å². The third-order valence-corrected chi connectivity index (χ3v) is 2.73. The van der Waals surface area contributed by atoms with Crippen LogP contribution in [-0.4, -0.2) is 9.97 Å². The van der Waals surface area contributed by atoms with Crippen LogP contribution < -0.4 is 11.1 Å². The summed E-state index contributed by atoms with van der Waals surface area (Å²) in [6.45, 7) is 0.223. The van der Waals surface area contributed by atoms with Gasteiger partial charge in [0.1, 0.15) is 22.3 Å². The van der Waals surface area contributed by atoms with Gasteiger partial charge >= 0.3 is 0 Å². The molecule has 0 unspecified atom stereocenters. The molecule has 0 spiro atoms. The van der Waals surface area contributed by atoms with Crippen LogP contribution in [0.25, 0.3) is 0 Å². The van der Waals surface area contributed by atoms with Crippen molar-refractivity contribution in [3.63, 3.8) is 0 Å². The minimum absolute atomic E-state index is 0.0472. The summed E-state index contributed by atoms with van der Waals surface area (Å²) >= 11 is 4.68. The van der Waals surface area contributed by atoms with E-state index in [1.807, 2.05) is 0 Å². The van der Waals surface area contributed by atoms with Crippen LogP contribution in [-0.2, 0) is 6.54 Å². The van der Waals surface area contributed by atoms with Gasteiger partial charge in [-0.05, 0) is 24.3 Å². The minimum atomic E-state index is -0.737. The summed E-state index contributed by atoms with van der Waals surface area (Å²) in [4.78, 5) is 4.00. The van der Waals surface area contributed by atoms with E-state index < -0.39 is 11.6 Å². The lowest BCUT2D eigenvalue weighted by molar-refractivity contribution is 0.587. The Bertz CT molecular complexity index is 579. The number of nitrogens with one attached hydrogen (secondary N) is 1. The zero-order valence-corrected chi connectivity index (χ0v) is 10.7. The summed E-state index contributed by atoms with van der Waals surface area (Å²) in [5.41, 5.74) is 5.96. The maximum Gasteiger partial charge on any atom is 0.150 e. The Morgan fingerprint density at radius 2 is 1.95 bits per heavy atom. The van der Waals surface area contributed by atoms with Crippen molar-refractivity contribution in [2.24, 2.45) is 5.73 Å². The molecule has 1 aromatic heterocycles. The molecule has 0 aliphatic carbocycles. The fourth-order valence-corrected chi connectivity index (χ4v) is 1.68. The van der Waals surface area contributed by atoms with Gasteiger partial charge in [0.15, 0.2) is 0 Å². The molecule has 0 bridgehead atoms. The monoisotopic (exact) mass is 279 g/mol. The van der Waals surface area contributed by atoms with Crippen LogP contribution in [0.2, 0.25) is 0 Å². The molecule has 2 aromatic rings. The number of halogens is 2. The Labute approximate surface area is 114 Å². The average Bonchev–Trinajstić information content (AvgIpc) is 2.38. The van der Waals surface area contributed by atoms with Gasteiger partial charge < -0.3 is 11.1 Å². The van der Waals surface area contributed by atoms with Gasteiger partial charge in [0.2, 0.25) is 0 Å². The standard InChI is InChI=1S/C13H11F2N3S/c14-10-5-8(13(16)19)6-11(15)12(10)18-7-9-3-1-2-4-17-9/h1-6,18H,7H2,(H2,16,19). The fraction of sp³-hybridized carbons (Fsp3) is 0.0769. The molecule has 0 saturated heterocycles. The Hall–Kier alpha value is -2.08. The number of thiocarbonyl (C=S) groups is 1. The third-order valence-electron chi connectivity index (χ3n) is 2.50. The summed E-state index contributed by atoms with van der Waals surface area (Å²) in [6, 6.07) is 7.53.